The zero-order chi connectivity index (χ0) is 12.7. The van der Waals surface area contributed by atoms with E-state index in [0.29, 0.717) is 23.7 Å². The number of methoxy groups -OCH3 is 1. The number of ether oxygens (including phenoxy) is 1. The predicted octanol–water partition coefficient (Wildman–Crippen LogP) is 1.76. The summed E-state index contributed by atoms with van der Waals surface area (Å²) in [5, 5.41) is 12.2. The molecule has 0 saturated carbocycles. The number of nitrogens with one attached hydrogen (secondary N) is 1. The molecule has 1 unspecified atom stereocenters. The maximum atomic E-state index is 9.00. The monoisotopic (exact) mass is 234 g/mol. The van der Waals surface area contributed by atoms with E-state index in [1.165, 1.54) is 0 Å². The van der Waals surface area contributed by atoms with E-state index in [4.69, 9.17) is 15.7 Å². The molecule has 17 heavy (non-hydrogen) atoms. The molecule has 0 aliphatic carbocycles. The first-order chi connectivity index (χ1) is 8.21. The Hall–Kier alpha value is -1.80. The van der Waals surface area contributed by atoms with Crippen molar-refractivity contribution in [1.82, 2.24) is 4.98 Å². The van der Waals surface area contributed by atoms with E-state index in [2.05, 4.69) is 23.3 Å². The summed E-state index contributed by atoms with van der Waals surface area (Å²) in [6.45, 7) is 2.69. The van der Waals surface area contributed by atoms with E-state index in [-0.39, 0.29) is 6.04 Å². The Bertz CT molecular complexity index is 394. The van der Waals surface area contributed by atoms with E-state index in [0.717, 1.165) is 12.8 Å². The number of rotatable bonds is 6. The number of nitrogens with two attached hydrogens (primary N) is 1. The van der Waals surface area contributed by atoms with E-state index in [1.54, 1.807) is 19.4 Å². The Balaban J connectivity index is 2.81. The van der Waals surface area contributed by atoms with Crippen LogP contribution >= 0.6 is 0 Å². The lowest BCUT2D eigenvalue weighted by molar-refractivity contribution is 0.182. The minimum atomic E-state index is 0.160. The van der Waals surface area contributed by atoms with Crippen molar-refractivity contribution in [2.75, 3.05) is 24.8 Å². The Morgan fingerprint density at radius 1 is 1.65 bits per heavy atom. The minimum Gasteiger partial charge on any atom is -0.397 e. The van der Waals surface area contributed by atoms with Crippen LogP contribution in [0.5, 0.6) is 0 Å². The van der Waals surface area contributed by atoms with Gasteiger partial charge in [0, 0.05) is 7.11 Å². The fraction of sp³-hybridized carbons (Fsp3) is 0.500. The van der Waals surface area contributed by atoms with Crippen molar-refractivity contribution in [3.63, 3.8) is 0 Å². The van der Waals surface area contributed by atoms with Crippen LogP contribution in [0.15, 0.2) is 12.3 Å². The lowest BCUT2D eigenvalue weighted by Gasteiger charge is -2.18. The molecule has 1 rings (SSSR count). The summed E-state index contributed by atoms with van der Waals surface area (Å²) in [5.74, 6) is 0.567. The number of anilines is 2. The number of hydrogen-bond donors (Lipinski definition) is 2. The molecule has 0 fully saturated rings. The smallest absolute Gasteiger partial charge is 0.144 e. The van der Waals surface area contributed by atoms with Crippen LogP contribution < -0.4 is 11.1 Å². The van der Waals surface area contributed by atoms with Gasteiger partial charge in [0.1, 0.15) is 11.9 Å². The maximum absolute atomic E-state index is 9.00. The Morgan fingerprint density at radius 3 is 3.00 bits per heavy atom. The van der Waals surface area contributed by atoms with Crippen LogP contribution in [0, 0.1) is 11.3 Å². The molecule has 0 aromatic carbocycles. The predicted molar refractivity (Wildman–Crippen MR) is 67.6 cm³/mol. The lowest BCUT2D eigenvalue weighted by Crippen LogP contribution is -2.25. The molecule has 1 atom stereocenters. The first kappa shape index (κ1) is 13.3. The van der Waals surface area contributed by atoms with Crippen LogP contribution in [-0.4, -0.2) is 24.7 Å². The van der Waals surface area contributed by atoms with Crippen molar-refractivity contribution in [2.45, 2.75) is 25.8 Å². The van der Waals surface area contributed by atoms with E-state index < -0.39 is 0 Å². The topological polar surface area (TPSA) is 84.0 Å². The first-order valence-corrected chi connectivity index (χ1v) is 5.62. The molecule has 0 aliphatic rings. The number of nitrogen functional groups attached to an aromatic ring is 1. The van der Waals surface area contributed by atoms with Gasteiger partial charge in [0.15, 0.2) is 0 Å². The fourth-order valence-corrected chi connectivity index (χ4v) is 1.62. The number of hydrogen-bond acceptors (Lipinski definition) is 5. The summed E-state index contributed by atoms with van der Waals surface area (Å²) < 4.78 is 5.13. The largest absolute Gasteiger partial charge is 0.397 e. The third-order valence-corrected chi connectivity index (χ3v) is 2.38. The van der Waals surface area contributed by atoms with Gasteiger partial charge in [0.05, 0.1) is 30.1 Å². The average Bonchev–Trinajstić information content (AvgIpc) is 2.32. The third kappa shape index (κ3) is 3.93. The van der Waals surface area contributed by atoms with E-state index in [1.807, 2.05) is 0 Å². The molecule has 0 bridgehead atoms. The van der Waals surface area contributed by atoms with Gasteiger partial charge in [-0.3, -0.25) is 0 Å². The molecule has 0 amide bonds. The minimum absolute atomic E-state index is 0.160. The molecule has 5 nitrogen and oxygen atoms in total. The molecular formula is C12H18N4O. The third-order valence-electron chi connectivity index (χ3n) is 2.38. The van der Waals surface area contributed by atoms with Crippen LogP contribution in [0.4, 0.5) is 11.5 Å². The summed E-state index contributed by atoms with van der Waals surface area (Å²) in [6.07, 6.45) is 3.54. The molecule has 0 spiro atoms. The van der Waals surface area contributed by atoms with Gasteiger partial charge in [-0.05, 0) is 12.5 Å². The van der Waals surface area contributed by atoms with Gasteiger partial charge in [0.2, 0.25) is 0 Å². The van der Waals surface area contributed by atoms with Gasteiger partial charge in [-0.25, -0.2) is 4.98 Å². The van der Waals surface area contributed by atoms with Crippen LogP contribution in [0.25, 0.3) is 0 Å². The molecule has 92 valence electrons. The highest BCUT2D eigenvalue weighted by molar-refractivity contribution is 5.57. The van der Waals surface area contributed by atoms with Crippen LogP contribution in [0.3, 0.4) is 0 Å². The van der Waals surface area contributed by atoms with Gasteiger partial charge < -0.3 is 15.8 Å². The summed E-state index contributed by atoms with van der Waals surface area (Å²) in [4.78, 5) is 4.14. The molecular weight excluding hydrogens is 216 g/mol. The van der Waals surface area contributed by atoms with E-state index in [9.17, 15) is 0 Å². The van der Waals surface area contributed by atoms with Gasteiger partial charge >= 0.3 is 0 Å². The normalized spacial score (nSPS) is 11.8. The standard InChI is InChI=1S/C12H18N4O/c1-3-4-11(8-17-2)16-12-9(6-13)5-10(14)7-15-12/h5,7,11H,3-4,8,14H2,1-2H3,(H,15,16). The molecule has 1 heterocycles. The summed E-state index contributed by atoms with van der Waals surface area (Å²) >= 11 is 0. The molecule has 0 radical (unpaired) electrons. The molecule has 1 aromatic heterocycles. The molecule has 1 aromatic rings. The second kappa shape index (κ2) is 6.71. The molecule has 5 heteroatoms. The molecule has 0 aliphatic heterocycles. The number of nitrogens with zero attached hydrogens (tertiary/aromatic N) is 2. The van der Waals surface area contributed by atoms with Crippen LogP contribution in [0.2, 0.25) is 0 Å². The molecule has 0 saturated heterocycles. The van der Waals surface area contributed by atoms with Crippen molar-refractivity contribution < 1.29 is 4.74 Å². The summed E-state index contributed by atoms with van der Waals surface area (Å²) in [5.41, 5.74) is 6.54. The highest BCUT2D eigenvalue weighted by Gasteiger charge is 2.11. The lowest BCUT2D eigenvalue weighted by atomic mass is 10.1. The zero-order valence-corrected chi connectivity index (χ0v) is 10.2. The van der Waals surface area contributed by atoms with Gasteiger partial charge in [-0.15, -0.1) is 0 Å². The number of aromatic nitrogens is 1. The summed E-state index contributed by atoms with van der Waals surface area (Å²) in [6, 6.07) is 3.86. The quantitative estimate of drug-likeness (QED) is 0.783. The second-order valence-corrected chi connectivity index (χ2v) is 3.86. The van der Waals surface area contributed by atoms with Crippen molar-refractivity contribution in [1.29, 1.82) is 5.26 Å². The van der Waals surface area contributed by atoms with E-state index >= 15 is 0 Å². The summed E-state index contributed by atoms with van der Waals surface area (Å²) in [7, 11) is 1.66. The van der Waals surface area contributed by atoms with Gasteiger partial charge in [-0.1, -0.05) is 13.3 Å². The SMILES string of the molecule is CCCC(COC)Nc1ncc(N)cc1C#N. The number of nitriles is 1. The average molecular weight is 234 g/mol. The van der Waals surface area contributed by atoms with Crippen molar-refractivity contribution in [2.24, 2.45) is 0 Å². The highest BCUT2D eigenvalue weighted by atomic mass is 16.5. The van der Waals surface area contributed by atoms with Crippen molar-refractivity contribution >= 4 is 11.5 Å². The van der Waals surface area contributed by atoms with Crippen LogP contribution in [-0.2, 0) is 4.74 Å². The van der Waals surface area contributed by atoms with Crippen molar-refractivity contribution in [3.05, 3.63) is 17.8 Å². The molecule has 3 N–H and O–H groups in total. The Labute approximate surface area is 102 Å². The van der Waals surface area contributed by atoms with Gasteiger partial charge in [-0.2, -0.15) is 5.26 Å². The number of pyridine rings is 1. The van der Waals surface area contributed by atoms with Crippen LogP contribution in [0.1, 0.15) is 25.3 Å². The van der Waals surface area contributed by atoms with Gasteiger partial charge in [0.25, 0.3) is 0 Å². The zero-order valence-electron chi connectivity index (χ0n) is 10.2. The van der Waals surface area contributed by atoms with Crippen molar-refractivity contribution in [3.8, 4) is 6.07 Å². The Morgan fingerprint density at radius 2 is 2.41 bits per heavy atom. The Kier molecular flexibility index (Phi) is 5.24. The second-order valence-electron chi connectivity index (χ2n) is 3.86. The fourth-order valence-electron chi connectivity index (χ4n) is 1.62. The first-order valence-electron chi connectivity index (χ1n) is 5.62. The highest BCUT2D eigenvalue weighted by Crippen LogP contribution is 2.16. The maximum Gasteiger partial charge on any atom is 0.144 e.